The van der Waals surface area contributed by atoms with Gasteiger partial charge < -0.3 is 10.2 Å². The Bertz CT molecular complexity index is 492. The van der Waals surface area contributed by atoms with Gasteiger partial charge in [-0.25, -0.2) is 0 Å². The number of hydrogen-bond acceptors (Lipinski definition) is 3. The van der Waals surface area contributed by atoms with Crippen molar-refractivity contribution in [3.8, 4) is 0 Å². The summed E-state index contributed by atoms with van der Waals surface area (Å²) in [5.41, 5.74) is 2.18. The Labute approximate surface area is 93.2 Å². The average Bonchev–Trinajstić information content (AvgIpc) is 3.07. The van der Waals surface area contributed by atoms with Gasteiger partial charge in [-0.2, -0.15) is 0 Å². The standard InChI is InChI=1S/C12H12N2O2/c1-14(7-2-3-7)8-4-5-9-10(6-8)13-12(16)11(9)15/h4-7H,2-3H2,1H3,(H,13,15,16). The number of nitrogens with one attached hydrogen (secondary N) is 1. The van der Waals surface area contributed by atoms with Gasteiger partial charge >= 0.3 is 0 Å². The zero-order valence-corrected chi connectivity index (χ0v) is 8.99. The number of anilines is 2. The van der Waals surface area contributed by atoms with Crippen LogP contribution in [0.4, 0.5) is 11.4 Å². The maximum absolute atomic E-state index is 11.4. The minimum Gasteiger partial charge on any atom is -0.372 e. The first-order chi connectivity index (χ1) is 7.66. The van der Waals surface area contributed by atoms with Crippen LogP contribution in [0.1, 0.15) is 23.2 Å². The van der Waals surface area contributed by atoms with E-state index in [9.17, 15) is 9.59 Å². The van der Waals surface area contributed by atoms with Crippen LogP contribution in [0.15, 0.2) is 18.2 Å². The monoisotopic (exact) mass is 216 g/mol. The number of rotatable bonds is 2. The van der Waals surface area contributed by atoms with E-state index in [4.69, 9.17) is 0 Å². The van der Waals surface area contributed by atoms with E-state index >= 15 is 0 Å². The molecular formula is C12H12N2O2. The van der Waals surface area contributed by atoms with Crippen LogP contribution in [0.5, 0.6) is 0 Å². The fraction of sp³-hybridized carbons (Fsp3) is 0.333. The number of carbonyl (C=O) groups excluding carboxylic acids is 2. The van der Waals surface area contributed by atoms with Gasteiger partial charge in [-0.3, -0.25) is 9.59 Å². The van der Waals surface area contributed by atoms with Crippen LogP contribution in [0.25, 0.3) is 0 Å². The Morgan fingerprint density at radius 2 is 2.06 bits per heavy atom. The summed E-state index contributed by atoms with van der Waals surface area (Å²) in [7, 11) is 2.04. The summed E-state index contributed by atoms with van der Waals surface area (Å²) < 4.78 is 0. The summed E-state index contributed by atoms with van der Waals surface area (Å²) >= 11 is 0. The van der Waals surface area contributed by atoms with Crippen LogP contribution in [0.2, 0.25) is 0 Å². The molecule has 0 atom stereocenters. The van der Waals surface area contributed by atoms with Gasteiger partial charge in [0.2, 0.25) is 0 Å². The molecule has 1 aromatic carbocycles. The van der Waals surface area contributed by atoms with Gasteiger partial charge in [0.05, 0.1) is 11.3 Å². The first-order valence-electron chi connectivity index (χ1n) is 5.39. The number of Topliss-reactive ketones (excluding diaryl/α,β-unsaturated/α-hetero) is 1. The van der Waals surface area contributed by atoms with Crippen LogP contribution < -0.4 is 10.2 Å². The molecule has 1 amide bonds. The Balaban J connectivity index is 1.97. The first kappa shape index (κ1) is 9.39. The van der Waals surface area contributed by atoms with Crippen LogP contribution in [0.3, 0.4) is 0 Å². The van der Waals surface area contributed by atoms with Crippen molar-refractivity contribution in [3.63, 3.8) is 0 Å². The van der Waals surface area contributed by atoms with Gasteiger partial charge in [0.1, 0.15) is 0 Å². The lowest BCUT2D eigenvalue weighted by Gasteiger charge is -2.19. The van der Waals surface area contributed by atoms with E-state index in [0.717, 1.165) is 5.69 Å². The van der Waals surface area contributed by atoms with Crippen molar-refractivity contribution in [1.29, 1.82) is 0 Å². The van der Waals surface area contributed by atoms with E-state index in [-0.39, 0.29) is 0 Å². The molecule has 0 bridgehead atoms. The quantitative estimate of drug-likeness (QED) is 0.760. The molecule has 2 aliphatic rings. The summed E-state index contributed by atoms with van der Waals surface area (Å²) in [5, 5.41) is 2.59. The molecule has 0 aromatic heterocycles. The van der Waals surface area contributed by atoms with Gasteiger partial charge in [0.15, 0.2) is 0 Å². The summed E-state index contributed by atoms with van der Waals surface area (Å²) in [6.45, 7) is 0. The van der Waals surface area contributed by atoms with Crippen LogP contribution in [0, 0.1) is 0 Å². The number of nitrogens with zero attached hydrogens (tertiary/aromatic N) is 1. The molecule has 1 saturated carbocycles. The number of benzene rings is 1. The van der Waals surface area contributed by atoms with Gasteiger partial charge in [-0.1, -0.05) is 0 Å². The normalized spacial score (nSPS) is 18.3. The number of fused-ring (bicyclic) bond motifs is 1. The summed E-state index contributed by atoms with van der Waals surface area (Å²) in [6, 6.07) is 6.11. The van der Waals surface area contributed by atoms with Crippen LogP contribution >= 0.6 is 0 Å². The topological polar surface area (TPSA) is 49.4 Å². The second-order valence-electron chi connectivity index (χ2n) is 4.36. The molecule has 16 heavy (non-hydrogen) atoms. The summed E-state index contributed by atoms with van der Waals surface area (Å²) in [5.74, 6) is -0.961. The summed E-state index contributed by atoms with van der Waals surface area (Å²) in [6.07, 6.45) is 2.44. The highest BCUT2D eigenvalue weighted by atomic mass is 16.2. The molecule has 1 aliphatic carbocycles. The zero-order chi connectivity index (χ0) is 11.3. The van der Waals surface area contributed by atoms with Crippen molar-refractivity contribution in [1.82, 2.24) is 0 Å². The number of hydrogen-bond donors (Lipinski definition) is 1. The smallest absolute Gasteiger partial charge is 0.296 e. The Hall–Kier alpha value is -1.84. The molecule has 82 valence electrons. The lowest BCUT2D eigenvalue weighted by molar-refractivity contribution is -0.112. The van der Waals surface area contributed by atoms with Crippen LogP contribution in [-0.2, 0) is 4.79 Å². The minimum atomic E-state index is -0.527. The Morgan fingerprint density at radius 3 is 2.75 bits per heavy atom. The highest BCUT2D eigenvalue weighted by Crippen LogP contribution is 2.33. The summed E-state index contributed by atoms with van der Waals surface area (Å²) in [4.78, 5) is 24.8. The molecule has 4 heteroatoms. The van der Waals surface area contributed by atoms with E-state index in [1.165, 1.54) is 12.8 Å². The van der Waals surface area contributed by atoms with E-state index in [0.29, 0.717) is 17.3 Å². The lowest BCUT2D eigenvalue weighted by Crippen LogP contribution is -2.19. The van der Waals surface area contributed by atoms with E-state index in [1.807, 2.05) is 19.2 Å². The average molecular weight is 216 g/mol. The van der Waals surface area contributed by atoms with Gasteiger partial charge in [-0.05, 0) is 31.0 Å². The van der Waals surface area contributed by atoms with Gasteiger partial charge in [0, 0.05) is 18.8 Å². The third kappa shape index (κ3) is 1.30. The number of ketones is 1. The number of amides is 1. The van der Waals surface area contributed by atoms with Crippen molar-refractivity contribution in [3.05, 3.63) is 23.8 Å². The predicted molar refractivity (Wildman–Crippen MR) is 60.8 cm³/mol. The fourth-order valence-electron chi connectivity index (χ4n) is 2.03. The third-order valence-corrected chi connectivity index (χ3v) is 3.20. The molecule has 0 unspecified atom stereocenters. The maximum atomic E-state index is 11.4. The van der Waals surface area contributed by atoms with Crippen LogP contribution in [-0.4, -0.2) is 24.8 Å². The van der Waals surface area contributed by atoms with Crippen molar-refractivity contribution in [2.24, 2.45) is 0 Å². The fourth-order valence-corrected chi connectivity index (χ4v) is 2.03. The maximum Gasteiger partial charge on any atom is 0.296 e. The highest BCUT2D eigenvalue weighted by molar-refractivity contribution is 6.51. The SMILES string of the molecule is CN(c1ccc2c(c1)NC(=O)C2=O)C1CC1. The van der Waals surface area contributed by atoms with Crippen molar-refractivity contribution in [2.45, 2.75) is 18.9 Å². The van der Waals surface area contributed by atoms with Crippen molar-refractivity contribution in [2.75, 3.05) is 17.3 Å². The largest absolute Gasteiger partial charge is 0.372 e. The van der Waals surface area contributed by atoms with E-state index in [2.05, 4.69) is 10.2 Å². The molecule has 0 radical (unpaired) electrons. The van der Waals surface area contributed by atoms with Crippen molar-refractivity contribution < 1.29 is 9.59 Å². The molecule has 1 fully saturated rings. The second-order valence-corrected chi connectivity index (χ2v) is 4.36. The zero-order valence-electron chi connectivity index (χ0n) is 8.99. The highest BCUT2D eigenvalue weighted by Gasteiger charge is 2.30. The van der Waals surface area contributed by atoms with E-state index in [1.54, 1.807) is 6.07 Å². The molecule has 0 saturated heterocycles. The lowest BCUT2D eigenvalue weighted by atomic mass is 10.1. The molecule has 3 rings (SSSR count). The molecule has 1 aliphatic heterocycles. The Morgan fingerprint density at radius 1 is 1.31 bits per heavy atom. The number of carbonyl (C=O) groups is 2. The third-order valence-electron chi connectivity index (χ3n) is 3.20. The molecule has 1 N–H and O–H groups in total. The molecule has 0 spiro atoms. The first-order valence-corrected chi connectivity index (χ1v) is 5.39. The molecule has 4 nitrogen and oxygen atoms in total. The van der Waals surface area contributed by atoms with Crippen molar-refractivity contribution >= 4 is 23.1 Å². The second kappa shape index (κ2) is 3.07. The van der Waals surface area contributed by atoms with Gasteiger partial charge in [-0.15, -0.1) is 0 Å². The van der Waals surface area contributed by atoms with E-state index < -0.39 is 11.7 Å². The Kier molecular flexibility index (Phi) is 1.80. The minimum absolute atomic E-state index is 0.435. The predicted octanol–water partition coefficient (Wildman–Crippen LogP) is 1.42. The van der Waals surface area contributed by atoms with Gasteiger partial charge in [0.25, 0.3) is 11.7 Å². The molecule has 1 heterocycles. The molecular weight excluding hydrogens is 204 g/mol. The molecule has 1 aromatic rings.